The molecule has 0 radical (unpaired) electrons. The van der Waals surface area contributed by atoms with Crippen molar-refractivity contribution in [3.05, 3.63) is 0 Å². The number of hydrogen-bond donors (Lipinski definition) is 2. The van der Waals surface area contributed by atoms with Crippen molar-refractivity contribution in [1.29, 1.82) is 0 Å². The van der Waals surface area contributed by atoms with Crippen LogP contribution in [0.5, 0.6) is 0 Å². The van der Waals surface area contributed by atoms with Crippen molar-refractivity contribution in [2.24, 2.45) is 0 Å². The highest BCUT2D eigenvalue weighted by molar-refractivity contribution is 7.92. The Bertz CT molecular complexity index is 379. The largest absolute Gasteiger partial charge is 0.388 e. The maximum Gasteiger partial charge on any atom is 0.243 e. The molecular formula is C9H17NO5S. The summed E-state index contributed by atoms with van der Waals surface area (Å²) < 4.78 is 21.4. The fourth-order valence-corrected chi connectivity index (χ4v) is 1.92. The molecule has 0 aromatic rings. The maximum absolute atomic E-state index is 11.9. The Balaban J connectivity index is 2.89. The molecule has 2 N–H and O–H groups in total. The molecule has 0 spiro atoms. The normalized spacial score (nSPS) is 27.2. The number of amides is 1. The van der Waals surface area contributed by atoms with E-state index in [2.05, 4.69) is 0 Å². The van der Waals surface area contributed by atoms with Gasteiger partial charge in [0.2, 0.25) is 5.91 Å². The van der Waals surface area contributed by atoms with Gasteiger partial charge in [0.1, 0.15) is 4.75 Å². The Labute approximate surface area is 94.8 Å². The van der Waals surface area contributed by atoms with Crippen LogP contribution < -0.4 is 0 Å². The predicted molar refractivity (Wildman–Crippen MR) is 57.5 cm³/mol. The Kier molecular flexibility index (Phi) is 3.33. The van der Waals surface area contributed by atoms with Gasteiger partial charge in [-0.25, -0.2) is 8.42 Å². The lowest BCUT2D eigenvalue weighted by Gasteiger charge is -2.27. The summed E-state index contributed by atoms with van der Waals surface area (Å²) >= 11 is 0. The molecule has 0 aromatic heterocycles. The molecule has 16 heavy (non-hydrogen) atoms. The first-order chi connectivity index (χ1) is 7.07. The van der Waals surface area contributed by atoms with Crippen molar-refractivity contribution in [3.8, 4) is 0 Å². The minimum atomic E-state index is -3.53. The summed E-state index contributed by atoms with van der Waals surface area (Å²) in [7, 11) is -3.53. The fraction of sp³-hybridized carbons (Fsp3) is 0.889. The third-order valence-corrected chi connectivity index (χ3v) is 5.02. The van der Waals surface area contributed by atoms with Crippen molar-refractivity contribution < 1.29 is 23.4 Å². The molecule has 0 bridgehead atoms. The van der Waals surface area contributed by atoms with Crippen molar-refractivity contribution in [2.45, 2.75) is 30.8 Å². The number of nitrogens with zero attached hydrogens (tertiary/aromatic N) is 1. The van der Waals surface area contributed by atoms with Crippen LogP contribution in [0.25, 0.3) is 0 Å². The van der Waals surface area contributed by atoms with Gasteiger partial charge in [0.15, 0.2) is 9.84 Å². The van der Waals surface area contributed by atoms with E-state index in [9.17, 15) is 23.4 Å². The van der Waals surface area contributed by atoms with Crippen LogP contribution >= 0.6 is 0 Å². The van der Waals surface area contributed by atoms with Crippen molar-refractivity contribution in [1.82, 2.24) is 4.90 Å². The molecule has 0 saturated carbocycles. The van der Waals surface area contributed by atoms with Gasteiger partial charge in [-0.15, -0.1) is 0 Å². The summed E-state index contributed by atoms with van der Waals surface area (Å²) in [5.41, 5.74) is 0. The van der Waals surface area contributed by atoms with Crippen LogP contribution in [0.15, 0.2) is 0 Å². The van der Waals surface area contributed by atoms with Gasteiger partial charge in [-0.05, 0) is 13.8 Å². The van der Waals surface area contributed by atoms with Crippen LogP contribution in [-0.4, -0.2) is 65.7 Å². The first-order valence-electron chi connectivity index (χ1n) is 4.92. The fourth-order valence-electron chi connectivity index (χ4n) is 1.47. The van der Waals surface area contributed by atoms with Crippen molar-refractivity contribution >= 4 is 15.7 Å². The number of hydrogen-bond acceptors (Lipinski definition) is 5. The van der Waals surface area contributed by atoms with Gasteiger partial charge in [-0.1, -0.05) is 0 Å². The Morgan fingerprint density at radius 3 is 1.94 bits per heavy atom. The summed E-state index contributed by atoms with van der Waals surface area (Å²) in [5.74, 6) is -0.592. The molecule has 0 aliphatic carbocycles. The van der Waals surface area contributed by atoms with Gasteiger partial charge in [-0.2, -0.15) is 0 Å². The molecule has 1 saturated heterocycles. The molecule has 2 unspecified atom stereocenters. The summed E-state index contributed by atoms with van der Waals surface area (Å²) in [6.07, 6.45) is -1.01. The third kappa shape index (κ3) is 2.21. The zero-order valence-corrected chi connectivity index (χ0v) is 10.4. The molecule has 1 fully saturated rings. The number of sulfone groups is 1. The predicted octanol–water partition coefficient (Wildman–Crippen LogP) is -1.63. The summed E-state index contributed by atoms with van der Waals surface area (Å²) in [6.45, 7) is 2.58. The average molecular weight is 251 g/mol. The quantitative estimate of drug-likeness (QED) is 0.614. The van der Waals surface area contributed by atoms with Gasteiger partial charge in [0.25, 0.3) is 0 Å². The van der Waals surface area contributed by atoms with Crippen LogP contribution in [0.1, 0.15) is 13.8 Å². The standard InChI is InChI=1S/C9H17NO5S/c1-9(2,16(3,14)15)8(13)10-4-6(11)7(12)5-10/h6-7,11-12H,4-5H2,1-3H3. The molecule has 7 heteroatoms. The topological polar surface area (TPSA) is 94.9 Å². The van der Waals surface area contributed by atoms with Gasteiger partial charge < -0.3 is 15.1 Å². The lowest BCUT2D eigenvalue weighted by molar-refractivity contribution is -0.132. The smallest absolute Gasteiger partial charge is 0.243 e. The number of likely N-dealkylation sites (tertiary alicyclic amines) is 1. The number of aliphatic hydroxyl groups is 2. The molecule has 1 rings (SSSR count). The molecule has 2 atom stereocenters. The number of carbonyl (C=O) groups excluding carboxylic acids is 1. The number of β-amino-alcohol motifs (C(OH)–C–C–N with tert-alkyl or cyclic N) is 2. The number of carbonyl (C=O) groups is 1. The van der Waals surface area contributed by atoms with Crippen molar-refractivity contribution in [3.63, 3.8) is 0 Å². The minimum absolute atomic E-state index is 0.0288. The lowest BCUT2D eigenvalue weighted by Crippen LogP contribution is -2.49. The molecular weight excluding hydrogens is 234 g/mol. The molecule has 0 aromatic carbocycles. The number of aliphatic hydroxyl groups excluding tert-OH is 2. The molecule has 1 heterocycles. The van der Waals surface area contributed by atoms with E-state index in [0.717, 1.165) is 6.26 Å². The van der Waals surface area contributed by atoms with Crippen LogP contribution in [0, 0.1) is 0 Å². The second kappa shape index (κ2) is 3.97. The van der Waals surface area contributed by atoms with Gasteiger partial charge in [0, 0.05) is 19.3 Å². The van der Waals surface area contributed by atoms with E-state index in [-0.39, 0.29) is 13.1 Å². The molecule has 1 aliphatic heterocycles. The number of rotatable bonds is 2. The Morgan fingerprint density at radius 1 is 1.25 bits per heavy atom. The third-order valence-electron chi connectivity index (χ3n) is 2.99. The van der Waals surface area contributed by atoms with E-state index in [4.69, 9.17) is 0 Å². The highest BCUT2D eigenvalue weighted by Gasteiger charge is 2.44. The first-order valence-corrected chi connectivity index (χ1v) is 6.81. The maximum atomic E-state index is 11.9. The average Bonchev–Trinajstić information content (AvgIpc) is 2.43. The van der Waals surface area contributed by atoms with Gasteiger partial charge in [0.05, 0.1) is 12.2 Å². The SMILES string of the molecule is CC(C)(C(=O)N1CC(O)C(O)C1)S(C)(=O)=O. The first kappa shape index (κ1) is 13.4. The summed E-state index contributed by atoms with van der Waals surface area (Å²) in [4.78, 5) is 13.1. The zero-order valence-electron chi connectivity index (χ0n) is 9.54. The molecule has 1 aliphatic rings. The lowest BCUT2D eigenvalue weighted by atomic mass is 10.2. The highest BCUT2D eigenvalue weighted by Crippen LogP contribution is 2.22. The van der Waals surface area contributed by atoms with Crippen molar-refractivity contribution in [2.75, 3.05) is 19.3 Å². The zero-order chi connectivity index (χ0) is 12.7. The molecule has 1 amide bonds. The second-order valence-corrected chi connectivity index (χ2v) is 7.19. The summed E-state index contributed by atoms with van der Waals surface area (Å²) in [6, 6.07) is 0. The highest BCUT2D eigenvalue weighted by atomic mass is 32.2. The second-order valence-electron chi connectivity index (χ2n) is 4.63. The minimum Gasteiger partial charge on any atom is -0.388 e. The van der Waals surface area contributed by atoms with E-state index in [1.807, 2.05) is 0 Å². The van der Waals surface area contributed by atoms with Gasteiger partial charge in [-0.3, -0.25) is 4.79 Å². The van der Waals surface area contributed by atoms with E-state index < -0.39 is 32.7 Å². The monoisotopic (exact) mass is 251 g/mol. The Morgan fingerprint density at radius 2 is 1.62 bits per heavy atom. The van der Waals surface area contributed by atoms with Crippen LogP contribution in [0.4, 0.5) is 0 Å². The van der Waals surface area contributed by atoms with Crippen LogP contribution in [-0.2, 0) is 14.6 Å². The van der Waals surface area contributed by atoms with Crippen LogP contribution in [0.3, 0.4) is 0 Å². The van der Waals surface area contributed by atoms with E-state index in [0.29, 0.717) is 0 Å². The van der Waals surface area contributed by atoms with E-state index >= 15 is 0 Å². The van der Waals surface area contributed by atoms with Crippen LogP contribution in [0.2, 0.25) is 0 Å². The van der Waals surface area contributed by atoms with E-state index in [1.54, 1.807) is 0 Å². The van der Waals surface area contributed by atoms with E-state index in [1.165, 1.54) is 18.7 Å². The van der Waals surface area contributed by atoms with Gasteiger partial charge >= 0.3 is 0 Å². The molecule has 6 nitrogen and oxygen atoms in total. The summed E-state index contributed by atoms with van der Waals surface area (Å²) in [5, 5.41) is 18.6. The molecule has 94 valence electrons. The Hall–Kier alpha value is -0.660.